The second kappa shape index (κ2) is 9.09. The molecule has 8 nitrogen and oxygen atoms in total. The number of aliphatic hydroxyl groups excluding tert-OH is 2. The highest BCUT2D eigenvalue weighted by Gasteiger charge is 2.64. The minimum atomic E-state index is -2.61. The molecule has 3 aliphatic rings. The SMILES string of the molecule is CC(C)c1cccc(-c2ccc(O)c3c2C[C@H]2C[C@H]4[C@H](C(C)C)C(=O)C(C(N)=O)=C(O)[C@@]4(O)C(=O)C2=C3O)c1. The molecule has 39 heavy (non-hydrogen) atoms. The van der Waals surface area contributed by atoms with E-state index in [9.17, 15) is 34.8 Å². The van der Waals surface area contributed by atoms with Gasteiger partial charge in [0.25, 0.3) is 5.91 Å². The summed E-state index contributed by atoms with van der Waals surface area (Å²) in [5.41, 5.74) is 5.41. The van der Waals surface area contributed by atoms with E-state index in [1.165, 1.54) is 6.07 Å². The summed E-state index contributed by atoms with van der Waals surface area (Å²) in [5, 5.41) is 45.0. The van der Waals surface area contributed by atoms with Gasteiger partial charge in [0.1, 0.15) is 22.8 Å². The third-order valence-electron chi connectivity index (χ3n) is 8.72. The van der Waals surface area contributed by atoms with Crippen molar-refractivity contribution >= 4 is 23.2 Å². The quantitative estimate of drug-likeness (QED) is 0.372. The molecule has 6 N–H and O–H groups in total. The standard InChI is InChI=1S/C31H33NO7/c1-13(2)15-6-5-7-16(10-15)18-8-9-21(33)24-19(18)11-17-12-20-22(14(3)4)26(34)25(30(32)38)29(37)31(20,39)28(36)23(17)27(24)35/h5-10,13-14,17,20,22,33,35,37,39H,11-12H2,1-4H3,(H2,32,38)/t17-,20-,22-,31-/m0/s1. The van der Waals surface area contributed by atoms with Crippen molar-refractivity contribution in [1.29, 1.82) is 0 Å². The van der Waals surface area contributed by atoms with Gasteiger partial charge in [-0.05, 0) is 58.9 Å². The zero-order valence-electron chi connectivity index (χ0n) is 22.4. The van der Waals surface area contributed by atoms with Crippen LogP contribution in [-0.2, 0) is 20.8 Å². The number of phenolic OH excluding ortho intramolecular Hbond substituents is 1. The molecule has 0 aromatic heterocycles. The maximum absolute atomic E-state index is 14.0. The van der Waals surface area contributed by atoms with Crippen molar-refractivity contribution in [3.8, 4) is 16.9 Å². The average molecular weight is 532 g/mol. The maximum atomic E-state index is 14.0. The predicted octanol–water partition coefficient (Wildman–Crippen LogP) is 4.10. The molecule has 0 spiro atoms. The zero-order chi connectivity index (χ0) is 28.5. The number of fused-ring (bicyclic) bond motifs is 3. The molecule has 0 bridgehead atoms. The van der Waals surface area contributed by atoms with Crippen LogP contribution in [-0.4, -0.2) is 43.5 Å². The number of nitrogens with two attached hydrogens (primary N) is 1. The first-order chi connectivity index (χ1) is 18.3. The van der Waals surface area contributed by atoms with Gasteiger partial charge in [0.05, 0.1) is 5.56 Å². The predicted molar refractivity (Wildman–Crippen MR) is 145 cm³/mol. The summed E-state index contributed by atoms with van der Waals surface area (Å²) in [7, 11) is 0. The van der Waals surface area contributed by atoms with Crippen LogP contribution in [0.15, 0.2) is 53.3 Å². The van der Waals surface area contributed by atoms with Crippen molar-refractivity contribution in [3.05, 3.63) is 70.0 Å². The molecule has 0 saturated heterocycles. The molecule has 1 saturated carbocycles. The molecule has 1 amide bonds. The van der Waals surface area contributed by atoms with Gasteiger partial charge < -0.3 is 26.2 Å². The number of carbonyl (C=O) groups excluding carboxylic acids is 3. The summed E-state index contributed by atoms with van der Waals surface area (Å²) >= 11 is 0. The Hall–Kier alpha value is -3.91. The van der Waals surface area contributed by atoms with Crippen molar-refractivity contribution in [2.75, 3.05) is 0 Å². The Labute approximate surface area is 226 Å². The van der Waals surface area contributed by atoms with Crippen LogP contribution in [0.1, 0.15) is 56.7 Å². The molecule has 204 valence electrons. The lowest BCUT2D eigenvalue weighted by Crippen LogP contribution is -2.62. The van der Waals surface area contributed by atoms with Crippen LogP contribution in [0, 0.1) is 23.7 Å². The molecule has 0 radical (unpaired) electrons. The smallest absolute Gasteiger partial charge is 0.255 e. The summed E-state index contributed by atoms with van der Waals surface area (Å²) in [6.45, 7) is 7.66. The van der Waals surface area contributed by atoms with E-state index >= 15 is 0 Å². The van der Waals surface area contributed by atoms with Crippen molar-refractivity contribution in [1.82, 2.24) is 0 Å². The van der Waals surface area contributed by atoms with Crippen molar-refractivity contribution < 1.29 is 34.8 Å². The number of benzene rings is 2. The van der Waals surface area contributed by atoms with E-state index in [0.29, 0.717) is 5.56 Å². The van der Waals surface area contributed by atoms with Gasteiger partial charge in [-0.1, -0.05) is 58.0 Å². The highest BCUT2D eigenvalue weighted by molar-refractivity contribution is 6.23. The summed E-state index contributed by atoms with van der Waals surface area (Å²) in [6.07, 6.45) is 0.349. The number of carbonyl (C=O) groups is 3. The average Bonchev–Trinajstić information content (AvgIpc) is 2.86. The van der Waals surface area contributed by atoms with Gasteiger partial charge in [0, 0.05) is 17.4 Å². The van der Waals surface area contributed by atoms with Crippen LogP contribution < -0.4 is 5.73 Å². The molecule has 5 rings (SSSR count). The zero-order valence-corrected chi connectivity index (χ0v) is 22.4. The third-order valence-corrected chi connectivity index (χ3v) is 8.72. The molecular weight excluding hydrogens is 498 g/mol. The summed E-state index contributed by atoms with van der Waals surface area (Å²) in [6, 6.07) is 11.2. The van der Waals surface area contributed by atoms with Gasteiger partial charge in [-0.3, -0.25) is 14.4 Å². The molecule has 1 fully saturated rings. The Morgan fingerprint density at radius 1 is 1.05 bits per heavy atom. The van der Waals surface area contributed by atoms with E-state index in [4.69, 9.17) is 5.73 Å². The Balaban J connectivity index is 1.73. The highest BCUT2D eigenvalue weighted by atomic mass is 16.3. The molecule has 3 aliphatic carbocycles. The lowest BCUT2D eigenvalue weighted by Gasteiger charge is -2.50. The molecule has 0 heterocycles. The van der Waals surface area contributed by atoms with Crippen molar-refractivity contribution in [2.45, 2.75) is 52.1 Å². The molecular formula is C31H33NO7. The Bertz CT molecular complexity index is 1500. The van der Waals surface area contributed by atoms with E-state index in [1.54, 1.807) is 19.9 Å². The summed E-state index contributed by atoms with van der Waals surface area (Å²) < 4.78 is 0. The first kappa shape index (κ1) is 26.7. The summed E-state index contributed by atoms with van der Waals surface area (Å²) in [5.74, 6) is -7.37. The molecule has 2 aromatic carbocycles. The van der Waals surface area contributed by atoms with Gasteiger partial charge in [-0.2, -0.15) is 0 Å². The summed E-state index contributed by atoms with van der Waals surface area (Å²) in [4.78, 5) is 39.4. The lowest BCUT2D eigenvalue weighted by molar-refractivity contribution is -0.155. The highest BCUT2D eigenvalue weighted by Crippen LogP contribution is 2.55. The minimum absolute atomic E-state index is 0.0902. The van der Waals surface area contributed by atoms with E-state index < -0.39 is 57.9 Å². The molecule has 2 aromatic rings. The van der Waals surface area contributed by atoms with Gasteiger partial charge >= 0.3 is 0 Å². The number of amides is 1. The van der Waals surface area contributed by atoms with Crippen molar-refractivity contribution in [2.24, 2.45) is 29.4 Å². The van der Waals surface area contributed by atoms with Crippen molar-refractivity contribution in [3.63, 3.8) is 0 Å². The molecule has 8 heteroatoms. The van der Waals surface area contributed by atoms with E-state index in [-0.39, 0.29) is 41.6 Å². The fourth-order valence-electron chi connectivity index (χ4n) is 6.82. The number of phenols is 1. The van der Waals surface area contributed by atoms with Crippen LogP contribution in [0.5, 0.6) is 5.75 Å². The number of aliphatic hydroxyl groups is 3. The van der Waals surface area contributed by atoms with Crippen LogP contribution in [0.25, 0.3) is 16.9 Å². The van der Waals surface area contributed by atoms with Gasteiger partial charge in [0.2, 0.25) is 5.78 Å². The lowest BCUT2D eigenvalue weighted by atomic mass is 9.54. The Morgan fingerprint density at radius 2 is 1.74 bits per heavy atom. The van der Waals surface area contributed by atoms with Crippen LogP contribution in [0.3, 0.4) is 0 Å². The van der Waals surface area contributed by atoms with E-state index in [2.05, 4.69) is 19.9 Å². The fourth-order valence-corrected chi connectivity index (χ4v) is 6.82. The van der Waals surface area contributed by atoms with E-state index in [0.717, 1.165) is 16.7 Å². The monoisotopic (exact) mass is 531 g/mol. The third kappa shape index (κ3) is 3.72. The number of hydrogen-bond donors (Lipinski definition) is 5. The first-order valence-electron chi connectivity index (χ1n) is 13.2. The van der Waals surface area contributed by atoms with E-state index in [1.807, 2.05) is 18.2 Å². The van der Waals surface area contributed by atoms with Crippen LogP contribution >= 0.6 is 0 Å². The second-order valence-electron chi connectivity index (χ2n) is 11.6. The van der Waals surface area contributed by atoms with Gasteiger partial charge in [0.15, 0.2) is 11.4 Å². The molecule has 0 aliphatic heterocycles. The number of Topliss-reactive ketones (excluding diaryl/α,β-unsaturated/α-hetero) is 2. The maximum Gasteiger partial charge on any atom is 0.255 e. The molecule has 0 unspecified atom stereocenters. The fraction of sp³-hybridized carbons (Fsp3) is 0.387. The minimum Gasteiger partial charge on any atom is -0.508 e. The largest absolute Gasteiger partial charge is 0.508 e. The van der Waals surface area contributed by atoms with Gasteiger partial charge in [-0.25, -0.2) is 0 Å². The number of aromatic hydroxyl groups is 1. The second-order valence-corrected chi connectivity index (χ2v) is 11.6. The number of ketones is 2. The number of primary amides is 1. The normalized spacial score (nSPS) is 26.6. The number of hydrogen-bond acceptors (Lipinski definition) is 7. The Kier molecular flexibility index (Phi) is 6.22. The topological polar surface area (TPSA) is 158 Å². The molecule has 4 atom stereocenters. The Morgan fingerprint density at radius 3 is 2.36 bits per heavy atom. The number of rotatable bonds is 4. The van der Waals surface area contributed by atoms with Crippen LogP contribution in [0.2, 0.25) is 0 Å². The first-order valence-corrected chi connectivity index (χ1v) is 13.2. The van der Waals surface area contributed by atoms with Gasteiger partial charge in [-0.15, -0.1) is 0 Å². The van der Waals surface area contributed by atoms with Crippen LogP contribution in [0.4, 0.5) is 0 Å².